The Morgan fingerprint density at radius 2 is 2.31 bits per heavy atom. The molecule has 2 heterocycles. The minimum atomic E-state index is -1.00. The number of fused-ring (bicyclic) bond motifs is 1. The van der Waals surface area contributed by atoms with Gasteiger partial charge in [0.25, 0.3) is 0 Å². The predicted octanol–water partition coefficient (Wildman–Crippen LogP) is 1.74. The zero-order chi connectivity index (χ0) is 9.42. The molecule has 0 saturated carbocycles. The highest BCUT2D eigenvalue weighted by Gasteiger charge is 2.13. The fraction of sp³-hybridized carbons (Fsp3) is 0.250. The third-order valence-corrected chi connectivity index (χ3v) is 4.23. The molecule has 0 N–H and O–H groups in total. The highest BCUT2D eigenvalue weighted by atomic mass is 32.2. The van der Waals surface area contributed by atoms with Gasteiger partial charge in [-0.2, -0.15) is 4.98 Å². The van der Waals surface area contributed by atoms with Crippen molar-refractivity contribution in [3.63, 3.8) is 0 Å². The third kappa shape index (κ3) is 1.54. The lowest BCUT2D eigenvalue weighted by Crippen LogP contribution is -1.95. The number of aromatic nitrogens is 2. The van der Waals surface area contributed by atoms with Crippen LogP contribution < -0.4 is 0 Å². The van der Waals surface area contributed by atoms with Gasteiger partial charge in [0.2, 0.25) is 0 Å². The highest BCUT2D eigenvalue weighted by Crippen LogP contribution is 2.26. The maximum atomic E-state index is 11.2. The number of nitrogens with zero attached hydrogens (tertiary/aromatic N) is 2. The molecule has 1 atom stereocenters. The van der Waals surface area contributed by atoms with Gasteiger partial charge in [-0.1, -0.05) is 11.3 Å². The first-order chi connectivity index (χ1) is 6.18. The summed E-state index contributed by atoms with van der Waals surface area (Å²) in [7, 11) is 0. The van der Waals surface area contributed by atoms with Crippen molar-refractivity contribution in [3.05, 3.63) is 17.8 Å². The van der Waals surface area contributed by atoms with Crippen LogP contribution in [0.3, 0.4) is 0 Å². The van der Waals surface area contributed by atoms with E-state index in [0.717, 1.165) is 10.3 Å². The van der Waals surface area contributed by atoms with Gasteiger partial charge in [-0.05, 0) is 18.6 Å². The van der Waals surface area contributed by atoms with Gasteiger partial charge in [0.15, 0.2) is 5.65 Å². The first-order valence-corrected chi connectivity index (χ1v) is 6.11. The SMILES string of the molecule is Cc1ccnc2nc([S+](C)[O-])sc12. The second-order valence-corrected chi connectivity index (χ2v) is 5.27. The summed E-state index contributed by atoms with van der Waals surface area (Å²) in [5.74, 6) is 0. The van der Waals surface area contributed by atoms with Crippen molar-refractivity contribution in [1.82, 2.24) is 9.97 Å². The van der Waals surface area contributed by atoms with Crippen LogP contribution in [0.5, 0.6) is 0 Å². The molecule has 13 heavy (non-hydrogen) atoms. The Hall–Kier alpha value is -0.650. The van der Waals surface area contributed by atoms with Crippen molar-refractivity contribution in [2.24, 2.45) is 0 Å². The highest BCUT2D eigenvalue weighted by molar-refractivity contribution is 7.92. The Balaban J connectivity index is 2.68. The van der Waals surface area contributed by atoms with Crippen molar-refractivity contribution in [2.75, 3.05) is 6.26 Å². The molecule has 1 unspecified atom stereocenters. The lowest BCUT2D eigenvalue weighted by molar-refractivity contribution is 0.600. The van der Waals surface area contributed by atoms with E-state index in [2.05, 4.69) is 9.97 Å². The van der Waals surface area contributed by atoms with Gasteiger partial charge in [-0.25, -0.2) is 4.98 Å². The predicted molar refractivity (Wildman–Crippen MR) is 54.5 cm³/mol. The Kier molecular flexibility index (Phi) is 2.23. The van der Waals surface area contributed by atoms with Crippen molar-refractivity contribution < 1.29 is 4.55 Å². The zero-order valence-electron chi connectivity index (χ0n) is 7.27. The van der Waals surface area contributed by atoms with Crippen molar-refractivity contribution in [3.8, 4) is 0 Å². The largest absolute Gasteiger partial charge is 0.610 e. The number of rotatable bonds is 1. The molecule has 0 aromatic carbocycles. The van der Waals surface area contributed by atoms with E-state index in [9.17, 15) is 4.55 Å². The van der Waals surface area contributed by atoms with E-state index in [0.29, 0.717) is 9.99 Å². The lowest BCUT2D eigenvalue weighted by atomic mass is 10.3. The molecule has 0 aliphatic heterocycles. The Morgan fingerprint density at radius 1 is 1.54 bits per heavy atom. The van der Waals surface area contributed by atoms with Crippen LogP contribution in [0.25, 0.3) is 10.3 Å². The molecule has 0 aliphatic rings. The smallest absolute Gasteiger partial charge is 0.303 e. The second kappa shape index (κ2) is 3.25. The summed E-state index contributed by atoms with van der Waals surface area (Å²) in [5, 5.41) is 0. The van der Waals surface area contributed by atoms with Crippen LogP contribution >= 0.6 is 11.3 Å². The maximum absolute atomic E-state index is 11.2. The fourth-order valence-corrected chi connectivity index (χ4v) is 2.72. The van der Waals surface area contributed by atoms with Crippen LogP contribution in [0.4, 0.5) is 0 Å². The summed E-state index contributed by atoms with van der Waals surface area (Å²) in [6, 6.07) is 1.93. The van der Waals surface area contributed by atoms with Crippen molar-refractivity contribution in [1.29, 1.82) is 0 Å². The first kappa shape index (κ1) is 8.93. The van der Waals surface area contributed by atoms with Gasteiger partial charge < -0.3 is 4.55 Å². The summed E-state index contributed by atoms with van der Waals surface area (Å²) in [4.78, 5) is 8.29. The summed E-state index contributed by atoms with van der Waals surface area (Å²) in [6.07, 6.45) is 3.35. The molecule has 3 nitrogen and oxygen atoms in total. The first-order valence-electron chi connectivity index (χ1n) is 3.74. The number of pyridine rings is 1. The van der Waals surface area contributed by atoms with E-state index in [-0.39, 0.29) is 0 Å². The monoisotopic (exact) mass is 212 g/mol. The molecule has 0 bridgehead atoms. The van der Waals surface area contributed by atoms with Crippen LogP contribution in [0, 0.1) is 6.92 Å². The van der Waals surface area contributed by atoms with E-state index < -0.39 is 11.2 Å². The van der Waals surface area contributed by atoms with E-state index in [1.807, 2.05) is 13.0 Å². The Morgan fingerprint density at radius 3 is 2.92 bits per heavy atom. The molecule has 2 aromatic heterocycles. The van der Waals surface area contributed by atoms with Gasteiger partial charge in [-0.15, -0.1) is 0 Å². The molecule has 0 radical (unpaired) electrons. The third-order valence-electron chi connectivity index (χ3n) is 1.72. The fourth-order valence-electron chi connectivity index (χ4n) is 1.06. The Bertz CT molecular complexity index is 439. The summed E-state index contributed by atoms with van der Waals surface area (Å²) in [6.45, 7) is 2.00. The van der Waals surface area contributed by atoms with Gasteiger partial charge in [0.1, 0.15) is 6.26 Å². The molecule has 0 aliphatic carbocycles. The normalized spacial score (nSPS) is 13.5. The molecule has 2 rings (SSSR count). The molecule has 68 valence electrons. The number of hydrogen-bond donors (Lipinski definition) is 0. The van der Waals surface area contributed by atoms with Crippen LogP contribution in [0.2, 0.25) is 0 Å². The molecular weight excluding hydrogens is 204 g/mol. The van der Waals surface area contributed by atoms with Crippen LogP contribution in [-0.2, 0) is 11.2 Å². The van der Waals surface area contributed by atoms with Crippen LogP contribution in [0.15, 0.2) is 16.6 Å². The number of aryl methyl sites for hydroxylation is 1. The van der Waals surface area contributed by atoms with Gasteiger partial charge >= 0.3 is 4.34 Å². The molecular formula is C8H8N2OS2. The van der Waals surface area contributed by atoms with E-state index in [1.165, 1.54) is 11.3 Å². The molecule has 0 spiro atoms. The average Bonchev–Trinajstić information content (AvgIpc) is 2.49. The van der Waals surface area contributed by atoms with Gasteiger partial charge in [0.05, 0.1) is 4.70 Å². The minimum absolute atomic E-state index is 0.650. The molecule has 2 aromatic rings. The van der Waals surface area contributed by atoms with Gasteiger partial charge in [-0.3, -0.25) is 0 Å². The van der Waals surface area contributed by atoms with E-state index in [1.54, 1.807) is 12.5 Å². The number of thiazole rings is 1. The Labute approximate surface area is 83.0 Å². The lowest BCUT2D eigenvalue weighted by Gasteiger charge is -1.94. The van der Waals surface area contributed by atoms with Crippen molar-refractivity contribution in [2.45, 2.75) is 11.3 Å². The minimum Gasteiger partial charge on any atom is -0.610 e. The number of hydrogen-bond acceptors (Lipinski definition) is 4. The summed E-state index contributed by atoms with van der Waals surface area (Å²) in [5.41, 5.74) is 1.84. The van der Waals surface area contributed by atoms with E-state index in [4.69, 9.17) is 0 Å². The molecule has 0 amide bonds. The van der Waals surface area contributed by atoms with Gasteiger partial charge in [0, 0.05) is 17.4 Å². The molecule has 0 fully saturated rings. The van der Waals surface area contributed by atoms with Crippen LogP contribution in [-0.4, -0.2) is 20.8 Å². The second-order valence-electron chi connectivity index (χ2n) is 2.71. The zero-order valence-corrected chi connectivity index (χ0v) is 8.91. The van der Waals surface area contributed by atoms with Crippen molar-refractivity contribution >= 4 is 32.9 Å². The maximum Gasteiger partial charge on any atom is 0.303 e. The average molecular weight is 212 g/mol. The topological polar surface area (TPSA) is 48.8 Å². The quantitative estimate of drug-likeness (QED) is 0.676. The molecule has 5 heteroatoms. The summed E-state index contributed by atoms with van der Waals surface area (Å²) < 4.78 is 12.8. The summed E-state index contributed by atoms with van der Waals surface area (Å²) >= 11 is 0.456. The molecule has 0 saturated heterocycles. The van der Waals surface area contributed by atoms with Crippen LogP contribution in [0.1, 0.15) is 5.56 Å². The standard InChI is InChI=1S/C8H8N2OS2/c1-5-3-4-9-7-6(5)12-8(10-7)13(2)11/h3-4H,1-2H3. The van der Waals surface area contributed by atoms with E-state index >= 15 is 0 Å².